The lowest BCUT2D eigenvalue weighted by molar-refractivity contribution is -0.141. The topological polar surface area (TPSA) is 93.4 Å². The van der Waals surface area contributed by atoms with E-state index in [-0.39, 0.29) is 23.9 Å². The van der Waals surface area contributed by atoms with E-state index in [1.165, 1.54) is 4.90 Å². The molecule has 0 aromatic heterocycles. The maximum absolute atomic E-state index is 11.8. The maximum atomic E-state index is 11.8. The van der Waals surface area contributed by atoms with E-state index in [2.05, 4.69) is 11.4 Å². The van der Waals surface area contributed by atoms with Gasteiger partial charge in [0, 0.05) is 19.6 Å². The third-order valence-corrected chi connectivity index (χ3v) is 3.22. The summed E-state index contributed by atoms with van der Waals surface area (Å²) in [5, 5.41) is 20.3. The van der Waals surface area contributed by atoms with Crippen LogP contribution in [-0.4, -0.2) is 41.6 Å². The molecule has 0 heterocycles. The van der Waals surface area contributed by atoms with Crippen LogP contribution in [0.1, 0.15) is 26.2 Å². The Morgan fingerprint density at radius 1 is 1.56 bits per heavy atom. The molecule has 18 heavy (non-hydrogen) atoms. The van der Waals surface area contributed by atoms with Crippen molar-refractivity contribution in [1.29, 1.82) is 5.26 Å². The van der Waals surface area contributed by atoms with E-state index in [0.29, 0.717) is 25.8 Å². The molecule has 0 aromatic carbocycles. The van der Waals surface area contributed by atoms with E-state index >= 15 is 0 Å². The number of carbonyl (C=O) groups excluding carboxylic acids is 1. The van der Waals surface area contributed by atoms with Crippen LogP contribution in [0.4, 0.5) is 4.79 Å². The highest BCUT2D eigenvalue weighted by atomic mass is 16.4. The van der Waals surface area contributed by atoms with Gasteiger partial charge in [-0.3, -0.25) is 4.79 Å². The van der Waals surface area contributed by atoms with E-state index in [1.807, 2.05) is 0 Å². The summed E-state index contributed by atoms with van der Waals surface area (Å²) in [6.45, 7) is 2.12. The normalized spacial score (nSPS) is 24.1. The summed E-state index contributed by atoms with van der Waals surface area (Å²) in [5.74, 6) is -1.35. The molecule has 6 heteroatoms. The first kappa shape index (κ1) is 14.3. The second kappa shape index (κ2) is 6.24. The monoisotopic (exact) mass is 253 g/mol. The molecule has 100 valence electrons. The Balaban J connectivity index is 2.37. The Morgan fingerprint density at radius 2 is 2.22 bits per heavy atom. The minimum atomic E-state index is -0.793. The van der Waals surface area contributed by atoms with Crippen molar-refractivity contribution in [1.82, 2.24) is 10.2 Å². The van der Waals surface area contributed by atoms with Gasteiger partial charge in [0.25, 0.3) is 0 Å². The summed E-state index contributed by atoms with van der Waals surface area (Å²) in [5.41, 5.74) is 0. The van der Waals surface area contributed by atoms with Gasteiger partial charge >= 0.3 is 12.0 Å². The molecule has 3 atom stereocenters. The predicted molar refractivity (Wildman–Crippen MR) is 64.7 cm³/mol. The van der Waals surface area contributed by atoms with Gasteiger partial charge in [0.2, 0.25) is 0 Å². The van der Waals surface area contributed by atoms with Crippen LogP contribution in [0, 0.1) is 23.2 Å². The summed E-state index contributed by atoms with van der Waals surface area (Å²) >= 11 is 0. The molecule has 0 saturated heterocycles. The average Bonchev–Trinajstić information content (AvgIpc) is 2.77. The summed E-state index contributed by atoms with van der Waals surface area (Å²) < 4.78 is 0. The molecule has 6 nitrogen and oxygen atoms in total. The third kappa shape index (κ3) is 3.91. The predicted octanol–water partition coefficient (Wildman–Crippen LogP) is 1.04. The van der Waals surface area contributed by atoms with Gasteiger partial charge in [0.1, 0.15) is 0 Å². The zero-order valence-electron chi connectivity index (χ0n) is 10.7. The molecule has 0 spiro atoms. The van der Waals surface area contributed by atoms with Gasteiger partial charge in [-0.1, -0.05) is 0 Å². The van der Waals surface area contributed by atoms with Gasteiger partial charge in [-0.15, -0.1) is 0 Å². The summed E-state index contributed by atoms with van der Waals surface area (Å²) in [6.07, 6.45) is 1.80. The van der Waals surface area contributed by atoms with Crippen LogP contribution in [0.3, 0.4) is 0 Å². The van der Waals surface area contributed by atoms with Crippen molar-refractivity contribution in [3.8, 4) is 6.07 Å². The quantitative estimate of drug-likeness (QED) is 0.782. The number of nitrogens with zero attached hydrogens (tertiary/aromatic N) is 2. The first-order valence-electron chi connectivity index (χ1n) is 6.08. The van der Waals surface area contributed by atoms with Crippen molar-refractivity contribution in [3.63, 3.8) is 0 Å². The van der Waals surface area contributed by atoms with Crippen molar-refractivity contribution in [2.75, 3.05) is 13.6 Å². The van der Waals surface area contributed by atoms with Crippen molar-refractivity contribution < 1.29 is 14.7 Å². The van der Waals surface area contributed by atoms with E-state index < -0.39 is 5.97 Å². The van der Waals surface area contributed by atoms with E-state index in [1.54, 1.807) is 14.0 Å². The molecule has 1 aliphatic rings. The second-order valence-corrected chi connectivity index (χ2v) is 4.91. The molecule has 0 aliphatic heterocycles. The highest BCUT2D eigenvalue weighted by Gasteiger charge is 2.31. The molecule has 0 aromatic rings. The van der Waals surface area contributed by atoms with E-state index in [9.17, 15) is 9.59 Å². The van der Waals surface area contributed by atoms with Crippen LogP contribution in [-0.2, 0) is 4.79 Å². The third-order valence-electron chi connectivity index (χ3n) is 3.22. The lowest BCUT2D eigenvalue weighted by Gasteiger charge is -2.21. The zero-order valence-corrected chi connectivity index (χ0v) is 10.7. The van der Waals surface area contributed by atoms with E-state index in [4.69, 9.17) is 10.4 Å². The minimum Gasteiger partial charge on any atom is -0.481 e. The SMILES string of the molecule is CC(C#N)CN(C)C(=O)NC1CCC(C(=O)O)C1. The number of carboxylic acids is 1. The Labute approximate surface area is 107 Å². The van der Waals surface area contributed by atoms with Crippen LogP contribution in [0.25, 0.3) is 0 Å². The Kier molecular flexibility index (Phi) is 4.95. The standard InChI is InChI=1S/C12H19N3O3/c1-8(6-13)7-15(2)12(18)14-10-4-3-9(5-10)11(16)17/h8-10H,3-5,7H2,1-2H3,(H,14,18)(H,16,17). The van der Waals surface area contributed by atoms with Crippen LogP contribution in [0.2, 0.25) is 0 Å². The van der Waals surface area contributed by atoms with Crippen molar-refractivity contribution in [2.45, 2.75) is 32.2 Å². The van der Waals surface area contributed by atoms with Gasteiger partial charge in [-0.25, -0.2) is 4.79 Å². The highest BCUT2D eigenvalue weighted by Crippen LogP contribution is 2.25. The number of rotatable bonds is 4. The lowest BCUT2D eigenvalue weighted by Crippen LogP contribution is -2.43. The van der Waals surface area contributed by atoms with Crippen LogP contribution < -0.4 is 5.32 Å². The number of nitriles is 1. The Hall–Kier alpha value is -1.77. The smallest absolute Gasteiger partial charge is 0.317 e. The first-order chi connectivity index (χ1) is 8.43. The molecule has 3 unspecified atom stereocenters. The number of nitrogens with one attached hydrogen (secondary N) is 1. The second-order valence-electron chi connectivity index (χ2n) is 4.91. The number of aliphatic carboxylic acids is 1. The van der Waals surface area contributed by atoms with Gasteiger partial charge in [-0.05, 0) is 26.2 Å². The number of carboxylic acid groups (broad SMARTS) is 1. The van der Waals surface area contributed by atoms with Gasteiger partial charge in [0.05, 0.1) is 17.9 Å². The van der Waals surface area contributed by atoms with Crippen LogP contribution >= 0.6 is 0 Å². The van der Waals surface area contributed by atoms with E-state index in [0.717, 1.165) is 0 Å². The minimum absolute atomic E-state index is 0.0709. The highest BCUT2D eigenvalue weighted by molar-refractivity contribution is 5.75. The molecule has 0 radical (unpaired) electrons. The molecule has 2 amide bonds. The number of hydrogen-bond donors (Lipinski definition) is 2. The van der Waals surface area contributed by atoms with Crippen LogP contribution in [0.15, 0.2) is 0 Å². The molecule has 1 saturated carbocycles. The lowest BCUT2D eigenvalue weighted by atomic mass is 10.1. The molecule has 1 rings (SSSR count). The summed E-state index contributed by atoms with van der Waals surface area (Å²) in [6, 6.07) is 1.75. The fourth-order valence-corrected chi connectivity index (χ4v) is 2.16. The number of amides is 2. The molecular weight excluding hydrogens is 234 g/mol. The molecule has 1 aliphatic carbocycles. The fraction of sp³-hybridized carbons (Fsp3) is 0.750. The molecule has 1 fully saturated rings. The molecule has 0 bridgehead atoms. The Bertz CT molecular complexity index is 364. The van der Waals surface area contributed by atoms with Crippen molar-refractivity contribution in [2.24, 2.45) is 11.8 Å². The zero-order chi connectivity index (χ0) is 13.7. The van der Waals surface area contributed by atoms with Crippen molar-refractivity contribution in [3.05, 3.63) is 0 Å². The van der Waals surface area contributed by atoms with Gasteiger partial charge in [0.15, 0.2) is 0 Å². The molecule has 2 N–H and O–H groups in total. The number of carbonyl (C=O) groups is 2. The summed E-state index contributed by atoms with van der Waals surface area (Å²) in [7, 11) is 1.63. The largest absolute Gasteiger partial charge is 0.481 e. The van der Waals surface area contributed by atoms with Crippen LogP contribution in [0.5, 0.6) is 0 Å². The summed E-state index contributed by atoms with van der Waals surface area (Å²) in [4.78, 5) is 24.0. The first-order valence-corrected chi connectivity index (χ1v) is 6.08. The average molecular weight is 253 g/mol. The van der Waals surface area contributed by atoms with Crippen molar-refractivity contribution >= 4 is 12.0 Å². The maximum Gasteiger partial charge on any atom is 0.317 e. The van der Waals surface area contributed by atoms with Gasteiger partial charge < -0.3 is 15.3 Å². The van der Waals surface area contributed by atoms with Gasteiger partial charge in [-0.2, -0.15) is 5.26 Å². The Morgan fingerprint density at radius 3 is 2.72 bits per heavy atom. The number of urea groups is 1. The fourth-order valence-electron chi connectivity index (χ4n) is 2.16. The number of hydrogen-bond acceptors (Lipinski definition) is 3. The molecular formula is C12H19N3O3.